The van der Waals surface area contributed by atoms with Crippen LogP contribution in [0.1, 0.15) is 46.0 Å². The fourth-order valence-corrected chi connectivity index (χ4v) is 2.40. The molecular formula is C14H24N2O4. The van der Waals surface area contributed by atoms with Gasteiger partial charge in [0.15, 0.2) is 0 Å². The SMILES string of the molecule is CCC(=O)NC1CCN(C(=O)CC(C)CC(=O)O)CC1. The van der Waals surface area contributed by atoms with Crippen LogP contribution in [-0.4, -0.2) is 46.9 Å². The number of nitrogens with zero attached hydrogens (tertiary/aromatic N) is 1. The van der Waals surface area contributed by atoms with Crippen LogP contribution in [0, 0.1) is 5.92 Å². The summed E-state index contributed by atoms with van der Waals surface area (Å²) in [6, 6.07) is 0.156. The van der Waals surface area contributed by atoms with Gasteiger partial charge in [0.05, 0.1) is 0 Å². The van der Waals surface area contributed by atoms with Gasteiger partial charge in [-0.3, -0.25) is 14.4 Å². The summed E-state index contributed by atoms with van der Waals surface area (Å²) >= 11 is 0. The van der Waals surface area contributed by atoms with E-state index in [0.29, 0.717) is 19.5 Å². The summed E-state index contributed by atoms with van der Waals surface area (Å²) in [5, 5.41) is 11.6. The summed E-state index contributed by atoms with van der Waals surface area (Å²) in [7, 11) is 0. The van der Waals surface area contributed by atoms with Crippen molar-refractivity contribution in [2.75, 3.05) is 13.1 Å². The predicted octanol–water partition coefficient (Wildman–Crippen LogP) is 1.00. The quantitative estimate of drug-likeness (QED) is 0.762. The molecule has 0 spiro atoms. The van der Waals surface area contributed by atoms with E-state index in [0.717, 1.165) is 12.8 Å². The van der Waals surface area contributed by atoms with Gasteiger partial charge in [-0.1, -0.05) is 13.8 Å². The van der Waals surface area contributed by atoms with Crippen molar-refractivity contribution in [1.82, 2.24) is 10.2 Å². The highest BCUT2D eigenvalue weighted by Gasteiger charge is 2.24. The first-order valence-electron chi connectivity index (χ1n) is 7.21. The molecule has 1 aliphatic heterocycles. The van der Waals surface area contributed by atoms with E-state index in [9.17, 15) is 14.4 Å². The Labute approximate surface area is 119 Å². The Morgan fingerprint density at radius 3 is 2.35 bits per heavy atom. The van der Waals surface area contributed by atoms with Crippen LogP contribution in [0.3, 0.4) is 0 Å². The van der Waals surface area contributed by atoms with Gasteiger partial charge in [-0.25, -0.2) is 0 Å². The molecule has 0 radical (unpaired) electrons. The Morgan fingerprint density at radius 1 is 1.25 bits per heavy atom. The summed E-state index contributed by atoms with van der Waals surface area (Å²) < 4.78 is 0. The van der Waals surface area contributed by atoms with Crippen molar-refractivity contribution < 1.29 is 19.5 Å². The third kappa shape index (κ3) is 5.59. The molecule has 1 saturated heterocycles. The monoisotopic (exact) mass is 284 g/mol. The minimum Gasteiger partial charge on any atom is -0.481 e. The standard InChI is InChI=1S/C14H24N2O4/c1-3-12(17)15-11-4-6-16(7-5-11)13(18)8-10(2)9-14(19)20/h10-11H,3-9H2,1-2H3,(H,15,17)(H,19,20). The molecule has 2 N–H and O–H groups in total. The van der Waals surface area contributed by atoms with Crippen LogP contribution in [0.2, 0.25) is 0 Å². The number of piperidine rings is 1. The summed E-state index contributed by atoms with van der Waals surface area (Å²) in [5.74, 6) is -0.951. The van der Waals surface area contributed by atoms with Crippen LogP contribution in [-0.2, 0) is 14.4 Å². The summed E-state index contributed by atoms with van der Waals surface area (Å²) in [6.45, 7) is 4.86. The van der Waals surface area contributed by atoms with Gasteiger partial charge in [0.1, 0.15) is 0 Å². The van der Waals surface area contributed by atoms with Crippen LogP contribution in [0.15, 0.2) is 0 Å². The highest BCUT2D eigenvalue weighted by atomic mass is 16.4. The van der Waals surface area contributed by atoms with Gasteiger partial charge in [0.25, 0.3) is 0 Å². The second kappa shape index (κ2) is 7.87. The molecule has 0 bridgehead atoms. The number of carboxylic acids is 1. The molecular weight excluding hydrogens is 260 g/mol. The summed E-state index contributed by atoms with van der Waals surface area (Å²) in [4.78, 5) is 35.7. The zero-order valence-corrected chi connectivity index (χ0v) is 12.2. The van der Waals surface area contributed by atoms with Crippen LogP contribution in [0.4, 0.5) is 0 Å². The van der Waals surface area contributed by atoms with Crippen molar-refractivity contribution in [3.63, 3.8) is 0 Å². The number of amides is 2. The largest absolute Gasteiger partial charge is 0.481 e. The molecule has 6 nitrogen and oxygen atoms in total. The Kier molecular flexibility index (Phi) is 6.48. The van der Waals surface area contributed by atoms with E-state index in [4.69, 9.17) is 5.11 Å². The Hall–Kier alpha value is -1.59. The molecule has 1 atom stereocenters. The lowest BCUT2D eigenvalue weighted by Gasteiger charge is -2.33. The van der Waals surface area contributed by atoms with Crippen LogP contribution >= 0.6 is 0 Å². The first-order chi connectivity index (χ1) is 9.42. The van der Waals surface area contributed by atoms with Gasteiger partial charge in [0.2, 0.25) is 11.8 Å². The molecule has 1 unspecified atom stereocenters. The highest BCUT2D eigenvalue weighted by molar-refractivity contribution is 5.78. The first kappa shape index (κ1) is 16.5. The van der Waals surface area contributed by atoms with Gasteiger partial charge in [-0.05, 0) is 18.8 Å². The molecule has 6 heteroatoms. The Balaban J connectivity index is 2.32. The Morgan fingerprint density at radius 2 is 1.85 bits per heavy atom. The number of carbonyl (C=O) groups excluding carboxylic acids is 2. The van der Waals surface area contributed by atoms with E-state index in [2.05, 4.69) is 5.32 Å². The normalized spacial score (nSPS) is 17.6. The lowest BCUT2D eigenvalue weighted by Crippen LogP contribution is -2.46. The second-order valence-corrected chi connectivity index (χ2v) is 5.48. The van der Waals surface area contributed by atoms with Crippen molar-refractivity contribution in [2.24, 2.45) is 5.92 Å². The van der Waals surface area contributed by atoms with Gasteiger partial charge in [-0.15, -0.1) is 0 Å². The van der Waals surface area contributed by atoms with Gasteiger partial charge in [0, 0.05) is 38.4 Å². The van der Waals surface area contributed by atoms with E-state index >= 15 is 0 Å². The number of likely N-dealkylation sites (tertiary alicyclic amines) is 1. The number of hydrogen-bond acceptors (Lipinski definition) is 3. The third-order valence-corrected chi connectivity index (χ3v) is 3.58. The lowest BCUT2D eigenvalue weighted by molar-refractivity contribution is -0.138. The molecule has 0 aliphatic carbocycles. The average molecular weight is 284 g/mol. The fraction of sp³-hybridized carbons (Fsp3) is 0.786. The summed E-state index contributed by atoms with van der Waals surface area (Å²) in [6.07, 6.45) is 2.31. The maximum Gasteiger partial charge on any atom is 0.303 e. The molecule has 1 aliphatic rings. The number of carboxylic acid groups (broad SMARTS) is 1. The summed E-state index contributed by atoms with van der Waals surface area (Å²) in [5.41, 5.74) is 0. The smallest absolute Gasteiger partial charge is 0.303 e. The molecule has 20 heavy (non-hydrogen) atoms. The average Bonchev–Trinajstić information content (AvgIpc) is 2.38. The molecule has 114 valence electrons. The van der Waals surface area contributed by atoms with E-state index in [1.807, 2.05) is 6.92 Å². The minimum atomic E-state index is -0.869. The van der Waals surface area contributed by atoms with Crippen LogP contribution < -0.4 is 5.32 Å². The van der Waals surface area contributed by atoms with E-state index in [-0.39, 0.29) is 36.6 Å². The molecule has 0 aromatic carbocycles. The fourth-order valence-electron chi connectivity index (χ4n) is 2.40. The molecule has 0 saturated carbocycles. The van der Waals surface area contributed by atoms with E-state index < -0.39 is 5.97 Å². The van der Waals surface area contributed by atoms with Gasteiger partial charge >= 0.3 is 5.97 Å². The topological polar surface area (TPSA) is 86.7 Å². The number of rotatable bonds is 6. The maximum absolute atomic E-state index is 12.0. The number of aliphatic carboxylic acids is 1. The molecule has 1 heterocycles. The van der Waals surface area contributed by atoms with Crippen molar-refractivity contribution in [3.8, 4) is 0 Å². The van der Waals surface area contributed by atoms with Gasteiger partial charge < -0.3 is 15.3 Å². The third-order valence-electron chi connectivity index (χ3n) is 3.58. The lowest BCUT2D eigenvalue weighted by atomic mass is 10.0. The minimum absolute atomic E-state index is 0.0130. The van der Waals surface area contributed by atoms with Crippen molar-refractivity contribution in [3.05, 3.63) is 0 Å². The number of nitrogens with one attached hydrogen (secondary N) is 1. The van der Waals surface area contributed by atoms with Crippen molar-refractivity contribution in [1.29, 1.82) is 0 Å². The maximum atomic E-state index is 12.0. The molecule has 1 rings (SSSR count). The second-order valence-electron chi connectivity index (χ2n) is 5.48. The molecule has 0 aromatic rings. The van der Waals surface area contributed by atoms with Crippen LogP contribution in [0.25, 0.3) is 0 Å². The molecule has 2 amide bonds. The molecule has 1 fully saturated rings. The highest BCUT2D eigenvalue weighted by Crippen LogP contribution is 2.15. The van der Waals surface area contributed by atoms with Crippen molar-refractivity contribution >= 4 is 17.8 Å². The first-order valence-corrected chi connectivity index (χ1v) is 7.21. The zero-order chi connectivity index (χ0) is 15.1. The number of hydrogen-bond donors (Lipinski definition) is 2. The van der Waals surface area contributed by atoms with Gasteiger partial charge in [-0.2, -0.15) is 0 Å². The Bertz CT molecular complexity index is 362. The zero-order valence-electron chi connectivity index (χ0n) is 12.2. The predicted molar refractivity (Wildman–Crippen MR) is 74.1 cm³/mol. The number of carbonyl (C=O) groups is 3. The van der Waals surface area contributed by atoms with Crippen LogP contribution in [0.5, 0.6) is 0 Å². The van der Waals surface area contributed by atoms with E-state index in [1.54, 1.807) is 11.8 Å². The van der Waals surface area contributed by atoms with Crippen molar-refractivity contribution in [2.45, 2.75) is 52.0 Å². The molecule has 0 aromatic heterocycles. The van der Waals surface area contributed by atoms with E-state index in [1.165, 1.54) is 0 Å².